The minimum Gasteiger partial charge on any atom is -0.367 e. The summed E-state index contributed by atoms with van der Waals surface area (Å²) in [4.78, 5) is 16.9. The molecule has 0 spiro atoms. The van der Waals surface area contributed by atoms with Gasteiger partial charge in [-0.1, -0.05) is 13.8 Å². The van der Waals surface area contributed by atoms with Crippen LogP contribution >= 0.6 is 0 Å². The molecule has 3 atom stereocenters. The summed E-state index contributed by atoms with van der Waals surface area (Å²) in [7, 11) is 3.91. The lowest BCUT2D eigenvalue weighted by atomic mass is 9.94. The third-order valence-corrected chi connectivity index (χ3v) is 5.71. The van der Waals surface area contributed by atoms with E-state index in [0.717, 1.165) is 30.5 Å². The molecule has 1 amide bonds. The second-order valence-corrected chi connectivity index (χ2v) is 8.56. The maximum absolute atomic E-state index is 13.6. The van der Waals surface area contributed by atoms with Crippen LogP contribution in [0.4, 0.5) is 19.0 Å². The number of piperidine rings is 1. The first-order valence-corrected chi connectivity index (χ1v) is 9.96. The Kier molecular flexibility index (Phi) is 5.93. The van der Waals surface area contributed by atoms with Gasteiger partial charge in [-0.15, -0.1) is 0 Å². The van der Waals surface area contributed by atoms with E-state index in [2.05, 4.69) is 10.4 Å². The topological polar surface area (TPSA) is 53.4 Å². The zero-order valence-electron chi connectivity index (χ0n) is 17.0. The highest BCUT2D eigenvalue weighted by Gasteiger charge is 2.47. The molecule has 3 heterocycles. The van der Waals surface area contributed by atoms with Crippen molar-refractivity contribution in [2.45, 2.75) is 63.8 Å². The molecular formula is C19H30F3N5O. The highest BCUT2D eigenvalue weighted by molar-refractivity contribution is 5.93. The number of likely N-dealkylation sites (tertiary alicyclic amines) is 1. The van der Waals surface area contributed by atoms with E-state index in [0.29, 0.717) is 6.54 Å². The molecule has 28 heavy (non-hydrogen) atoms. The van der Waals surface area contributed by atoms with E-state index in [1.165, 1.54) is 6.07 Å². The lowest BCUT2D eigenvalue weighted by Gasteiger charge is -2.36. The van der Waals surface area contributed by atoms with E-state index >= 15 is 0 Å². The summed E-state index contributed by atoms with van der Waals surface area (Å²) < 4.78 is 41.9. The van der Waals surface area contributed by atoms with Gasteiger partial charge in [0.25, 0.3) is 5.91 Å². The Bertz CT molecular complexity index is 700. The van der Waals surface area contributed by atoms with Crippen molar-refractivity contribution < 1.29 is 18.0 Å². The van der Waals surface area contributed by atoms with Gasteiger partial charge in [-0.2, -0.15) is 18.3 Å². The van der Waals surface area contributed by atoms with Crippen molar-refractivity contribution >= 4 is 11.7 Å². The van der Waals surface area contributed by atoms with Crippen molar-refractivity contribution in [3.05, 3.63) is 11.8 Å². The van der Waals surface area contributed by atoms with Crippen LogP contribution in [0.15, 0.2) is 6.07 Å². The normalized spacial score (nSPS) is 25.8. The second kappa shape index (κ2) is 7.93. The van der Waals surface area contributed by atoms with Crippen LogP contribution in [0.3, 0.4) is 0 Å². The maximum atomic E-state index is 13.6. The van der Waals surface area contributed by atoms with Crippen molar-refractivity contribution in [2.24, 2.45) is 5.92 Å². The molecule has 1 aromatic heterocycles. The Labute approximate surface area is 164 Å². The number of likely N-dealkylation sites (N-methyl/N-ethyl adjacent to an activating group) is 1. The van der Waals surface area contributed by atoms with E-state index < -0.39 is 12.2 Å². The fraction of sp³-hybridized carbons (Fsp3) is 0.789. The summed E-state index contributed by atoms with van der Waals surface area (Å²) in [6.45, 7) is 5.13. The summed E-state index contributed by atoms with van der Waals surface area (Å²) in [5.74, 6) is 0.0354. The van der Waals surface area contributed by atoms with Crippen LogP contribution in [-0.2, 0) is 0 Å². The molecule has 158 valence electrons. The van der Waals surface area contributed by atoms with Crippen LogP contribution in [0, 0.1) is 5.92 Å². The summed E-state index contributed by atoms with van der Waals surface area (Å²) in [6, 6.07) is -0.478. The quantitative estimate of drug-likeness (QED) is 0.840. The molecule has 1 aromatic rings. The predicted molar refractivity (Wildman–Crippen MR) is 101 cm³/mol. The number of alkyl halides is 3. The molecule has 0 bridgehead atoms. The minimum absolute atomic E-state index is 0.0409. The smallest absolute Gasteiger partial charge is 0.367 e. The predicted octanol–water partition coefficient (Wildman–Crippen LogP) is 3.38. The van der Waals surface area contributed by atoms with Gasteiger partial charge in [-0.25, -0.2) is 4.68 Å². The SMILES string of the molecule is CC(C)[C@@H]1C[C@H](C(F)(F)F)n2nc(C(=O)N3CCCC[C@H]3CN(C)C)cc2N1. The van der Waals surface area contributed by atoms with Crippen LogP contribution in [0.25, 0.3) is 0 Å². The van der Waals surface area contributed by atoms with E-state index in [4.69, 9.17) is 0 Å². The number of amides is 1. The number of aromatic nitrogens is 2. The Morgan fingerprint density at radius 2 is 2.07 bits per heavy atom. The fourth-order valence-electron chi connectivity index (χ4n) is 4.17. The standard InChI is InChI=1S/C19H30F3N5O/c1-12(2)14-9-16(19(20,21)22)27-17(23-14)10-15(24-27)18(28)26-8-6-5-7-13(26)11-25(3)4/h10,12-14,16,23H,5-9,11H2,1-4H3/t13-,14-,16+/m0/s1. The molecule has 0 saturated carbocycles. The van der Waals surface area contributed by atoms with Crippen molar-refractivity contribution in [3.63, 3.8) is 0 Å². The van der Waals surface area contributed by atoms with Crippen LogP contribution in [0.1, 0.15) is 56.1 Å². The van der Waals surface area contributed by atoms with Crippen LogP contribution in [-0.4, -0.2) is 70.9 Å². The Balaban J connectivity index is 1.89. The maximum Gasteiger partial charge on any atom is 0.410 e. The average molecular weight is 401 g/mol. The molecule has 0 aliphatic carbocycles. The Morgan fingerprint density at radius 1 is 1.36 bits per heavy atom. The molecule has 2 aliphatic rings. The molecule has 6 nitrogen and oxygen atoms in total. The van der Waals surface area contributed by atoms with Gasteiger partial charge in [0.1, 0.15) is 5.82 Å². The van der Waals surface area contributed by atoms with E-state index in [9.17, 15) is 18.0 Å². The zero-order chi connectivity index (χ0) is 20.6. The van der Waals surface area contributed by atoms with Crippen molar-refractivity contribution in [2.75, 3.05) is 32.5 Å². The number of rotatable bonds is 4. The van der Waals surface area contributed by atoms with Crippen molar-refractivity contribution in [1.82, 2.24) is 19.6 Å². The first-order valence-electron chi connectivity index (χ1n) is 9.96. The first kappa shape index (κ1) is 21.0. The van der Waals surface area contributed by atoms with Crippen LogP contribution in [0.2, 0.25) is 0 Å². The van der Waals surface area contributed by atoms with Gasteiger partial charge in [0, 0.05) is 31.2 Å². The molecule has 3 rings (SSSR count). The molecular weight excluding hydrogens is 371 g/mol. The average Bonchev–Trinajstić information content (AvgIpc) is 3.03. The number of fused-ring (bicyclic) bond motifs is 1. The number of carbonyl (C=O) groups excluding carboxylic acids is 1. The lowest BCUT2D eigenvalue weighted by Crippen LogP contribution is -2.48. The van der Waals surface area contributed by atoms with Crippen LogP contribution in [0.5, 0.6) is 0 Å². The van der Waals surface area contributed by atoms with Gasteiger partial charge >= 0.3 is 6.18 Å². The molecule has 9 heteroatoms. The highest BCUT2D eigenvalue weighted by Crippen LogP contribution is 2.41. The summed E-state index contributed by atoms with van der Waals surface area (Å²) >= 11 is 0. The largest absolute Gasteiger partial charge is 0.410 e. The van der Waals surface area contributed by atoms with E-state index in [1.54, 1.807) is 4.90 Å². The zero-order valence-corrected chi connectivity index (χ0v) is 17.0. The third-order valence-electron chi connectivity index (χ3n) is 5.71. The molecule has 1 fully saturated rings. The molecule has 1 N–H and O–H groups in total. The van der Waals surface area contributed by atoms with E-state index in [1.807, 2.05) is 32.8 Å². The summed E-state index contributed by atoms with van der Waals surface area (Å²) in [5.41, 5.74) is 0.0896. The van der Waals surface area contributed by atoms with Gasteiger partial charge in [-0.3, -0.25) is 4.79 Å². The number of nitrogens with zero attached hydrogens (tertiary/aromatic N) is 4. The van der Waals surface area contributed by atoms with Crippen molar-refractivity contribution in [1.29, 1.82) is 0 Å². The minimum atomic E-state index is -4.41. The highest BCUT2D eigenvalue weighted by atomic mass is 19.4. The number of hydrogen-bond donors (Lipinski definition) is 1. The van der Waals surface area contributed by atoms with Gasteiger partial charge in [0.2, 0.25) is 0 Å². The van der Waals surface area contributed by atoms with Crippen molar-refractivity contribution in [3.8, 4) is 0 Å². The summed E-state index contributed by atoms with van der Waals surface area (Å²) in [5, 5.41) is 7.25. The second-order valence-electron chi connectivity index (χ2n) is 8.56. The molecule has 2 aliphatic heterocycles. The fourth-order valence-corrected chi connectivity index (χ4v) is 4.17. The monoisotopic (exact) mass is 401 g/mol. The molecule has 0 radical (unpaired) electrons. The number of anilines is 1. The number of halogens is 3. The first-order chi connectivity index (χ1) is 13.1. The molecule has 1 saturated heterocycles. The number of carbonyl (C=O) groups is 1. The van der Waals surface area contributed by atoms with Crippen LogP contribution < -0.4 is 5.32 Å². The van der Waals surface area contributed by atoms with Gasteiger partial charge in [0.05, 0.1) is 0 Å². The van der Waals surface area contributed by atoms with Gasteiger partial charge < -0.3 is 15.1 Å². The third kappa shape index (κ3) is 4.29. The number of hydrogen-bond acceptors (Lipinski definition) is 4. The summed E-state index contributed by atoms with van der Waals surface area (Å²) in [6.07, 6.45) is -1.64. The number of nitrogens with one attached hydrogen (secondary N) is 1. The Hall–Kier alpha value is -1.77. The van der Waals surface area contributed by atoms with Gasteiger partial charge in [-0.05, 0) is 45.7 Å². The molecule has 0 aromatic carbocycles. The molecule has 0 unspecified atom stereocenters. The lowest BCUT2D eigenvalue weighted by molar-refractivity contribution is -0.174. The van der Waals surface area contributed by atoms with Gasteiger partial charge in [0.15, 0.2) is 11.7 Å². The Morgan fingerprint density at radius 3 is 2.68 bits per heavy atom. The van der Waals surface area contributed by atoms with E-state index in [-0.39, 0.29) is 41.8 Å².